The molecule has 0 atom stereocenters. The molecule has 0 unspecified atom stereocenters. The lowest BCUT2D eigenvalue weighted by atomic mass is 10.1. The van der Waals surface area contributed by atoms with Gasteiger partial charge in [-0.3, -0.25) is 9.59 Å². The zero-order chi connectivity index (χ0) is 18.3. The minimum atomic E-state index is -0.359. The molecule has 1 fully saturated rings. The lowest BCUT2D eigenvalue weighted by Crippen LogP contribution is -2.53. The minimum Gasteiger partial charge on any atom is -0.333 e. The summed E-state index contributed by atoms with van der Waals surface area (Å²) >= 11 is 1.31. The molecule has 1 aliphatic heterocycles. The van der Waals surface area contributed by atoms with Crippen LogP contribution in [0.4, 0.5) is 4.39 Å². The highest BCUT2D eigenvalue weighted by Gasteiger charge is 2.35. The molecule has 1 aliphatic rings. The third-order valence-corrected chi connectivity index (χ3v) is 5.30. The molecular weight excluding hydrogens is 355 g/mol. The van der Waals surface area contributed by atoms with Crippen LogP contribution in [0.1, 0.15) is 21.4 Å². The van der Waals surface area contributed by atoms with Gasteiger partial charge >= 0.3 is 0 Å². The molecule has 0 N–H and O–H groups in total. The second kappa shape index (κ2) is 6.45. The Balaban J connectivity index is 1.54. The maximum atomic E-state index is 13.4. The normalized spacial score (nSPS) is 14.3. The van der Waals surface area contributed by atoms with Crippen LogP contribution in [0.15, 0.2) is 46.7 Å². The van der Waals surface area contributed by atoms with Gasteiger partial charge in [-0.05, 0) is 25.1 Å². The highest BCUT2D eigenvalue weighted by Crippen LogP contribution is 2.25. The zero-order valence-electron chi connectivity index (χ0n) is 13.9. The van der Waals surface area contributed by atoms with Gasteiger partial charge in [-0.2, -0.15) is 5.10 Å². The molecule has 3 heterocycles. The average Bonchev–Trinajstić information content (AvgIpc) is 3.01. The van der Waals surface area contributed by atoms with Gasteiger partial charge in [-0.15, -0.1) is 11.3 Å². The Hall–Kier alpha value is -2.87. The second-order valence-corrected chi connectivity index (χ2v) is 7.00. The molecule has 0 saturated carbocycles. The lowest BCUT2D eigenvalue weighted by molar-refractivity contribution is 0.0497. The molecule has 0 bridgehead atoms. The van der Waals surface area contributed by atoms with Crippen LogP contribution in [-0.4, -0.2) is 38.7 Å². The molecule has 8 heteroatoms. The fourth-order valence-corrected chi connectivity index (χ4v) is 3.68. The van der Waals surface area contributed by atoms with E-state index in [9.17, 15) is 14.0 Å². The SMILES string of the molecule is Cc1ncsc1C(=O)N1CC(n2nc(-c3cccc(F)c3)ccc2=O)C1. The summed E-state index contributed by atoms with van der Waals surface area (Å²) in [5.74, 6) is -0.432. The molecular formula is C18H15FN4O2S. The largest absolute Gasteiger partial charge is 0.333 e. The number of amides is 1. The number of rotatable bonds is 3. The number of carbonyl (C=O) groups is 1. The van der Waals surface area contributed by atoms with E-state index in [0.717, 1.165) is 0 Å². The smallest absolute Gasteiger partial charge is 0.267 e. The molecule has 26 heavy (non-hydrogen) atoms. The van der Waals surface area contributed by atoms with E-state index in [1.807, 2.05) is 0 Å². The first-order chi connectivity index (χ1) is 12.5. The van der Waals surface area contributed by atoms with Crippen LogP contribution in [0.5, 0.6) is 0 Å². The highest BCUT2D eigenvalue weighted by atomic mass is 32.1. The van der Waals surface area contributed by atoms with Crippen LogP contribution >= 0.6 is 11.3 Å². The number of aromatic nitrogens is 3. The summed E-state index contributed by atoms with van der Waals surface area (Å²) < 4.78 is 14.8. The lowest BCUT2D eigenvalue weighted by Gasteiger charge is -2.39. The van der Waals surface area contributed by atoms with E-state index in [2.05, 4.69) is 10.1 Å². The Morgan fingerprint density at radius 1 is 1.27 bits per heavy atom. The Labute approximate surface area is 152 Å². The fourth-order valence-electron chi connectivity index (χ4n) is 2.92. The van der Waals surface area contributed by atoms with Crippen molar-refractivity contribution in [2.45, 2.75) is 13.0 Å². The third-order valence-electron chi connectivity index (χ3n) is 4.38. The van der Waals surface area contributed by atoms with Crippen molar-refractivity contribution in [3.8, 4) is 11.3 Å². The van der Waals surface area contributed by atoms with E-state index in [1.54, 1.807) is 35.5 Å². The van der Waals surface area contributed by atoms with Crippen LogP contribution in [0, 0.1) is 12.7 Å². The average molecular weight is 370 g/mol. The molecule has 0 spiro atoms. The zero-order valence-corrected chi connectivity index (χ0v) is 14.7. The maximum absolute atomic E-state index is 13.4. The second-order valence-electron chi connectivity index (χ2n) is 6.14. The van der Waals surface area contributed by atoms with Crippen molar-refractivity contribution >= 4 is 17.2 Å². The van der Waals surface area contributed by atoms with E-state index in [-0.39, 0.29) is 23.3 Å². The van der Waals surface area contributed by atoms with E-state index >= 15 is 0 Å². The fraction of sp³-hybridized carbons (Fsp3) is 0.222. The molecule has 1 aromatic carbocycles. The van der Waals surface area contributed by atoms with Crippen molar-refractivity contribution in [2.24, 2.45) is 0 Å². The number of nitrogens with zero attached hydrogens (tertiary/aromatic N) is 4. The molecule has 1 amide bonds. The minimum absolute atomic E-state index is 0.0735. The van der Waals surface area contributed by atoms with Crippen LogP contribution < -0.4 is 5.56 Å². The first-order valence-electron chi connectivity index (χ1n) is 8.08. The Kier molecular flexibility index (Phi) is 4.12. The summed E-state index contributed by atoms with van der Waals surface area (Å²) in [4.78, 5) is 31.0. The van der Waals surface area contributed by atoms with Crippen LogP contribution in [0.25, 0.3) is 11.3 Å². The van der Waals surface area contributed by atoms with Gasteiger partial charge in [-0.1, -0.05) is 12.1 Å². The van der Waals surface area contributed by atoms with Crippen molar-refractivity contribution in [1.29, 1.82) is 0 Å². The predicted octanol–water partition coefficient (Wildman–Crippen LogP) is 2.51. The molecule has 0 radical (unpaired) electrons. The van der Waals surface area contributed by atoms with E-state index in [1.165, 1.54) is 34.2 Å². The van der Waals surface area contributed by atoms with Gasteiger partial charge in [0.15, 0.2) is 0 Å². The van der Waals surface area contributed by atoms with Crippen molar-refractivity contribution < 1.29 is 9.18 Å². The Morgan fingerprint density at radius 2 is 2.08 bits per heavy atom. The van der Waals surface area contributed by atoms with Crippen molar-refractivity contribution in [3.63, 3.8) is 0 Å². The summed E-state index contributed by atoms with van der Waals surface area (Å²) in [6.45, 7) is 2.63. The van der Waals surface area contributed by atoms with Gasteiger partial charge in [0, 0.05) is 24.7 Å². The number of benzene rings is 1. The van der Waals surface area contributed by atoms with Gasteiger partial charge < -0.3 is 4.90 Å². The molecule has 132 valence electrons. The first kappa shape index (κ1) is 16.6. The van der Waals surface area contributed by atoms with Crippen LogP contribution in [0.3, 0.4) is 0 Å². The van der Waals surface area contributed by atoms with Crippen molar-refractivity contribution in [2.75, 3.05) is 13.1 Å². The number of thiazole rings is 1. The monoisotopic (exact) mass is 370 g/mol. The molecule has 3 aromatic rings. The molecule has 4 rings (SSSR count). The first-order valence-corrected chi connectivity index (χ1v) is 8.96. The van der Waals surface area contributed by atoms with Gasteiger partial charge in [0.1, 0.15) is 10.7 Å². The standard InChI is InChI=1S/C18H15FN4O2S/c1-11-17(26-10-20-11)18(25)22-8-14(9-22)23-16(24)6-5-15(21-23)12-3-2-4-13(19)7-12/h2-7,10,14H,8-9H2,1H3. The predicted molar refractivity (Wildman–Crippen MR) is 95.7 cm³/mol. The molecule has 1 saturated heterocycles. The van der Waals surface area contributed by atoms with Gasteiger partial charge in [-0.25, -0.2) is 14.1 Å². The van der Waals surface area contributed by atoms with Gasteiger partial charge in [0.05, 0.1) is 22.9 Å². The van der Waals surface area contributed by atoms with Gasteiger partial charge in [0.2, 0.25) is 0 Å². The number of carbonyl (C=O) groups excluding carboxylic acids is 1. The number of likely N-dealkylation sites (tertiary alicyclic amines) is 1. The van der Waals surface area contributed by atoms with E-state index in [4.69, 9.17) is 0 Å². The van der Waals surface area contributed by atoms with E-state index < -0.39 is 0 Å². The Morgan fingerprint density at radius 3 is 2.77 bits per heavy atom. The number of halogens is 1. The van der Waals surface area contributed by atoms with Crippen LogP contribution in [0.2, 0.25) is 0 Å². The summed E-state index contributed by atoms with van der Waals surface area (Å²) in [5, 5.41) is 4.37. The molecule has 0 aliphatic carbocycles. The number of hydrogen-bond donors (Lipinski definition) is 0. The van der Waals surface area contributed by atoms with Crippen molar-refractivity contribution in [1.82, 2.24) is 19.7 Å². The van der Waals surface area contributed by atoms with Crippen molar-refractivity contribution in [3.05, 3.63) is 68.7 Å². The van der Waals surface area contributed by atoms with Crippen LogP contribution in [-0.2, 0) is 0 Å². The maximum Gasteiger partial charge on any atom is 0.267 e. The topological polar surface area (TPSA) is 68.1 Å². The Bertz CT molecular complexity index is 1040. The number of hydrogen-bond acceptors (Lipinski definition) is 5. The quantitative estimate of drug-likeness (QED) is 0.710. The summed E-state index contributed by atoms with van der Waals surface area (Å²) in [7, 11) is 0. The van der Waals surface area contributed by atoms with Gasteiger partial charge in [0.25, 0.3) is 11.5 Å². The summed E-state index contributed by atoms with van der Waals surface area (Å²) in [6.07, 6.45) is 0. The summed E-state index contributed by atoms with van der Waals surface area (Å²) in [5.41, 5.74) is 3.25. The number of aryl methyl sites for hydroxylation is 1. The molecule has 2 aromatic heterocycles. The summed E-state index contributed by atoms with van der Waals surface area (Å²) in [6, 6.07) is 8.89. The molecule has 6 nitrogen and oxygen atoms in total. The van der Waals surface area contributed by atoms with E-state index in [0.29, 0.717) is 34.9 Å². The highest BCUT2D eigenvalue weighted by molar-refractivity contribution is 7.11. The third kappa shape index (κ3) is 2.92.